The standard InChI is InChI=1S/C16H29NO4S/c1-12-9-17(10-13(2)21-12)16(18)14(3)22(19,20)11-15-7-5-4-6-8-15/h12-15H,4-11H2,1-3H3/t12-,13+,14-/m0/s1. The van der Waals surface area contributed by atoms with E-state index in [4.69, 9.17) is 4.74 Å². The molecule has 3 atom stereocenters. The lowest BCUT2D eigenvalue weighted by Crippen LogP contribution is -2.52. The van der Waals surface area contributed by atoms with Crippen molar-refractivity contribution in [1.29, 1.82) is 0 Å². The number of nitrogens with zero attached hydrogens (tertiary/aromatic N) is 1. The zero-order valence-corrected chi connectivity index (χ0v) is 14.8. The van der Waals surface area contributed by atoms with Crippen LogP contribution in [0.3, 0.4) is 0 Å². The summed E-state index contributed by atoms with van der Waals surface area (Å²) in [5, 5.41) is -0.938. The van der Waals surface area contributed by atoms with Gasteiger partial charge in [0.05, 0.1) is 18.0 Å². The van der Waals surface area contributed by atoms with E-state index in [2.05, 4.69) is 0 Å². The summed E-state index contributed by atoms with van der Waals surface area (Å²) in [4.78, 5) is 14.2. The molecule has 1 aliphatic carbocycles. The van der Waals surface area contributed by atoms with Gasteiger partial charge in [-0.05, 0) is 39.5 Å². The molecule has 5 nitrogen and oxygen atoms in total. The summed E-state index contributed by atoms with van der Waals surface area (Å²) in [5.74, 6) is 0.129. The topological polar surface area (TPSA) is 63.7 Å². The predicted octanol–water partition coefficient (Wildman–Crippen LogP) is 2.01. The first-order valence-electron chi connectivity index (χ1n) is 8.45. The van der Waals surface area contributed by atoms with E-state index in [1.165, 1.54) is 6.42 Å². The van der Waals surface area contributed by atoms with Crippen molar-refractivity contribution in [1.82, 2.24) is 4.90 Å². The molecular formula is C16H29NO4S. The van der Waals surface area contributed by atoms with Crippen molar-refractivity contribution < 1.29 is 17.9 Å². The molecule has 0 aromatic rings. The second kappa shape index (κ2) is 7.30. The molecule has 6 heteroatoms. The molecule has 0 N–H and O–H groups in total. The summed E-state index contributed by atoms with van der Waals surface area (Å²) in [6.45, 7) is 6.33. The highest BCUT2D eigenvalue weighted by atomic mass is 32.2. The number of morpholine rings is 1. The van der Waals surface area contributed by atoms with Gasteiger partial charge in [0.2, 0.25) is 5.91 Å². The van der Waals surface area contributed by atoms with Crippen LogP contribution < -0.4 is 0 Å². The second-order valence-electron chi connectivity index (χ2n) is 6.98. The lowest BCUT2D eigenvalue weighted by Gasteiger charge is -2.36. The fraction of sp³-hybridized carbons (Fsp3) is 0.938. The summed E-state index contributed by atoms with van der Waals surface area (Å²) in [5.41, 5.74) is 0. The molecule has 0 spiro atoms. The number of hydrogen-bond donors (Lipinski definition) is 0. The maximum atomic E-state index is 12.6. The van der Waals surface area contributed by atoms with E-state index in [9.17, 15) is 13.2 Å². The van der Waals surface area contributed by atoms with Gasteiger partial charge < -0.3 is 9.64 Å². The molecule has 1 saturated heterocycles. The van der Waals surface area contributed by atoms with Crippen LogP contribution >= 0.6 is 0 Å². The van der Waals surface area contributed by atoms with Crippen LogP contribution in [0.4, 0.5) is 0 Å². The molecule has 0 unspecified atom stereocenters. The van der Waals surface area contributed by atoms with Gasteiger partial charge in [0, 0.05) is 13.1 Å². The normalized spacial score (nSPS) is 29.3. The minimum atomic E-state index is -3.38. The van der Waals surface area contributed by atoms with Crippen LogP contribution in [0, 0.1) is 5.92 Å². The molecule has 1 heterocycles. The largest absolute Gasteiger partial charge is 0.372 e. The number of carbonyl (C=O) groups excluding carboxylic acids is 1. The van der Waals surface area contributed by atoms with Gasteiger partial charge in [0.1, 0.15) is 5.25 Å². The molecular weight excluding hydrogens is 302 g/mol. The highest BCUT2D eigenvalue weighted by molar-refractivity contribution is 7.92. The van der Waals surface area contributed by atoms with Crippen LogP contribution in [0.25, 0.3) is 0 Å². The summed E-state index contributed by atoms with van der Waals surface area (Å²) in [6.07, 6.45) is 5.30. The minimum Gasteiger partial charge on any atom is -0.372 e. The van der Waals surface area contributed by atoms with Crippen LogP contribution in [0.2, 0.25) is 0 Å². The average molecular weight is 331 g/mol. The maximum absolute atomic E-state index is 12.6. The van der Waals surface area contributed by atoms with Crippen molar-refractivity contribution in [3.63, 3.8) is 0 Å². The van der Waals surface area contributed by atoms with E-state index >= 15 is 0 Å². The quantitative estimate of drug-likeness (QED) is 0.790. The van der Waals surface area contributed by atoms with Crippen LogP contribution in [-0.4, -0.2) is 55.5 Å². The molecule has 0 aromatic carbocycles. The second-order valence-corrected chi connectivity index (χ2v) is 9.34. The van der Waals surface area contributed by atoms with Crippen LogP contribution in [-0.2, 0) is 19.4 Å². The predicted molar refractivity (Wildman–Crippen MR) is 86.4 cm³/mol. The van der Waals surface area contributed by atoms with E-state index in [-0.39, 0.29) is 29.8 Å². The molecule has 22 heavy (non-hydrogen) atoms. The minimum absolute atomic E-state index is 0.0408. The molecule has 0 radical (unpaired) electrons. The van der Waals surface area contributed by atoms with Gasteiger partial charge in [-0.3, -0.25) is 4.79 Å². The Kier molecular flexibility index (Phi) is 5.88. The highest BCUT2D eigenvalue weighted by Gasteiger charge is 2.36. The van der Waals surface area contributed by atoms with Crippen molar-refractivity contribution in [3.8, 4) is 0 Å². The number of sulfone groups is 1. The Morgan fingerprint density at radius 2 is 1.68 bits per heavy atom. The van der Waals surface area contributed by atoms with Gasteiger partial charge in [-0.2, -0.15) is 0 Å². The first-order valence-corrected chi connectivity index (χ1v) is 10.2. The molecule has 1 amide bonds. The average Bonchev–Trinajstić information content (AvgIpc) is 2.45. The zero-order valence-electron chi connectivity index (χ0n) is 14.0. The molecule has 128 valence electrons. The third-order valence-electron chi connectivity index (χ3n) is 4.81. The lowest BCUT2D eigenvalue weighted by molar-refractivity contribution is -0.142. The van der Waals surface area contributed by atoms with Crippen molar-refractivity contribution in [2.45, 2.75) is 70.3 Å². The van der Waals surface area contributed by atoms with E-state index in [0.29, 0.717) is 13.1 Å². The smallest absolute Gasteiger partial charge is 0.240 e. The third kappa shape index (κ3) is 4.44. The zero-order chi connectivity index (χ0) is 16.3. The van der Waals surface area contributed by atoms with Gasteiger partial charge in [-0.1, -0.05) is 19.3 Å². The summed E-state index contributed by atoms with van der Waals surface area (Å²) in [6, 6.07) is 0. The van der Waals surface area contributed by atoms with Gasteiger partial charge in [0.15, 0.2) is 9.84 Å². The first kappa shape index (κ1) is 17.7. The monoisotopic (exact) mass is 331 g/mol. The molecule has 0 aromatic heterocycles. The van der Waals surface area contributed by atoms with Crippen LogP contribution in [0.15, 0.2) is 0 Å². The third-order valence-corrected chi connectivity index (χ3v) is 7.03. The Hall–Kier alpha value is -0.620. The van der Waals surface area contributed by atoms with Crippen molar-refractivity contribution in [3.05, 3.63) is 0 Å². The highest BCUT2D eigenvalue weighted by Crippen LogP contribution is 2.26. The molecule has 2 rings (SSSR count). The molecule has 1 saturated carbocycles. The van der Waals surface area contributed by atoms with Crippen LogP contribution in [0.1, 0.15) is 52.9 Å². The summed E-state index contributed by atoms with van der Waals surface area (Å²) < 4.78 is 30.7. The fourth-order valence-corrected chi connectivity index (χ4v) is 5.33. The first-order chi connectivity index (χ1) is 10.3. The molecule has 1 aliphatic heterocycles. The molecule has 2 aliphatic rings. The van der Waals surface area contributed by atoms with E-state index < -0.39 is 15.1 Å². The number of rotatable bonds is 4. The Balaban J connectivity index is 1.98. The maximum Gasteiger partial charge on any atom is 0.240 e. The van der Waals surface area contributed by atoms with E-state index in [0.717, 1.165) is 25.7 Å². The van der Waals surface area contributed by atoms with Gasteiger partial charge in [0.25, 0.3) is 0 Å². The number of amides is 1. The van der Waals surface area contributed by atoms with Gasteiger partial charge in [-0.15, -0.1) is 0 Å². The summed E-state index contributed by atoms with van der Waals surface area (Å²) in [7, 11) is -3.38. The molecule has 0 bridgehead atoms. The van der Waals surface area contributed by atoms with Crippen molar-refractivity contribution in [2.24, 2.45) is 5.92 Å². The van der Waals surface area contributed by atoms with E-state index in [1.54, 1.807) is 11.8 Å². The van der Waals surface area contributed by atoms with Crippen molar-refractivity contribution in [2.75, 3.05) is 18.8 Å². The summed E-state index contributed by atoms with van der Waals surface area (Å²) >= 11 is 0. The number of hydrogen-bond acceptors (Lipinski definition) is 4. The fourth-order valence-electron chi connectivity index (χ4n) is 3.60. The van der Waals surface area contributed by atoms with Crippen LogP contribution in [0.5, 0.6) is 0 Å². The Morgan fingerprint density at radius 3 is 2.23 bits per heavy atom. The number of carbonyl (C=O) groups is 1. The van der Waals surface area contributed by atoms with Gasteiger partial charge in [-0.25, -0.2) is 8.42 Å². The Labute approximate surface area is 134 Å². The van der Waals surface area contributed by atoms with Crippen molar-refractivity contribution >= 4 is 15.7 Å². The van der Waals surface area contributed by atoms with E-state index in [1.807, 2.05) is 13.8 Å². The Bertz CT molecular complexity index is 474. The SMILES string of the molecule is C[C@@H]1CN(C(=O)[C@H](C)S(=O)(=O)CC2CCCCC2)C[C@H](C)O1. The Morgan fingerprint density at radius 1 is 1.14 bits per heavy atom. The lowest BCUT2D eigenvalue weighted by atomic mass is 9.91. The number of ether oxygens (including phenoxy) is 1. The molecule has 2 fully saturated rings. The van der Waals surface area contributed by atoms with Gasteiger partial charge >= 0.3 is 0 Å².